The Morgan fingerprint density at radius 2 is 1.71 bits per heavy atom. The molecule has 41 heavy (non-hydrogen) atoms. The van der Waals surface area contributed by atoms with Gasteiger partial charge in [0.15, 0.2) is 17.2 Å². The van der Waals surface area contributed by atoms with E-state index in [4.69, 9.17) is 0 Å². The molecule has 2 aromatic carbocycles. The number of aromatic hydroxyl groups is 1. The zero-order chi connectivity index (χ0) is 30.2. The minimum Gasteiger partial charge on any atom is -0.511 e. The van der Waals surface area contributed by atoms with Crippen molar-refractivity contribution in [1.82, 2.24) is 0 Å². The molecule has 0 fully saturated rings. The van der Waals surface area contributed by atoms with E-state index in [0.29, 0.717) is 5.56 Å². The minimum absolute atomic E-state index is 0.00981. The van der Waals surface area contributed by atoms with E-state index >= 15 is 0 Å². The number of rotatable bonds is 2. The SMILES string of the molecule is CC(=O)C1=C(O)C[C@@]2(C)C[C@@]3(C)Cc4c(C(C)C)cc(C#Cc5cccc(C)c5)c(O)c4C(=O)C3=C(O)[C@@]2(O)C1=O. The number of carbonyl (C=O) groups excluding carboxylic acids is 3. The first-order valence-corrected chi connectivity index (χ1v) is 13.7. The number of ketones is 3. The van der Waals surface area contributed by atoms with Gasteiger partial charge in [0, 0.05) is 28.4 Å². The molecule has 0 unspecified atom stereocenters. The molecule has 0 saturated heterocycles. The van der Waals surface area contributed by atoms with E-state index < -0.39 is 50.9 Å². The van der Waals surface area contributed by atoms with E-state index in [2.05, 4.69) is 11.8 Å². The highest BCUT2D eigenvalue weighted by Gasteiger charge is 2.67. The van der Waals surface area contributed by atoms with Crippen LogP contribution in [0.25, 0.3) is 0 Å². The quantitative estimate of drug-likeness (QED) is 0.293. The standard InChI is InChI=1S/C34H34O7/c1-17(2)22-13-21(11-10-20-9-7-8-18(3)12-20)28(37)26-23(22)14-32(5)16-33(6)15-24(36)25(19(4)35)30(39)34(33,41)31(40)27(32)29(26)38/h7-9,12-13,17,36-37,40-41H,14-16H2,1-6H3/t32-,33+,34+/m1/s1. The third kappa shape index (κ3) is 3.96. The van der Waals surface area contributed by atoms with Crippen LogP contribution in [-0.2, 0) is 16.0 Å². The summed E-state index contributed by atoms with van der Waals surface area (Å²) < 4.78 is 0. The largest absolute Gasteiger partial charge is 0.511 e. The molecular formula is C34H34O7. The van der Waals surface area contributed by atoms with Gasteiger partial charge in [-0.15, -0.1) is 0 Å². The molecule has 0 aromatic heterocycles. The summed E-state index contributed by atoms with van der Waals surface area (Å²) in [7, 11) is 0. The van der Waals surface area contributed by atoms with Gasteiger partial charge in [-0.3, -0.25) is 14.4 Å². The highest BCUT2D eigenvalue weighted by Crippen LogP contribution is 2.62. The molecule has 0 aliphatic heterocycles. The predicted molar refractivity (Wildman–Crippen MR) is 153 cm³/mol. The zero-order valence-electron chi connectivity index (χ0n) is 24.1. The van der Waals surface area contributed by atoms with Crippen molar-refractivity contribution in [1.29, 1.82) is 0 Å². The van der Waals surface area contributed by atoms with E-state index in [1.165, 1.54) is 0 Å². The van der Waals surface area contributed by atoms with Gasteiger partial charge < -0.3 is 20.4 Å². The summed E-state index contributed by atoms with van der Waals surface area (Å²) in [4.78, 5) is 40.0. The van der Waals surface area contributed by atoms with Gasteiger partial charge >= 0.3 is 0 Å². The van der Waals surface area contributed by atoms with Gasteiger partial charge in [-0.25, -0.2) is 0 Å². The van der Waals surface area contributed by atoms with Crippen molar-refractivity contribution < 1.29 is 34.8 Å². The van der Waals surface area contributed by atoms with Crippen LogP contribution in [0.2, 0.25) is 0 Å². The number of aryl methyl sites for hydroxylation is 1. The van der Waals surface area contributed by atoms with Gasteiger partial charge in [0.05, 0.1) is 11.1 Å². The molecule has 0 heterocycles. The first-order valence-electron chi connectivity index (χ1n) is 13.7. The molecule has 4 N–H and O–H groups in total. The second-order valence-corrected chi connectivity index (χ2v) is 12.6. The summed E-state index contributed by atoms with van der Waals surface area (Å²) >= 11 is 0. The molecule has 5 rings (SSSR count). The molecule has 3 atom stereocenters. The van der Waals surface area contributed by atoms with Crippen molar-refractivity contribution >= 4 is 17.3 Å². The lowest BCUT2D eigenvalue weighted by atomic mass is 9.48. The second-order valence-electron chi connectivity index (χ2n) is 12.6. The van der Waals surface area contributed by atoms with Crippen LogP contribution in [0.5, 0.6) is 5.75 Å². The molecule has 7 heteroatoms. The van der Waals surface area contributed by atoms with Gasteiger partial charge in [-0.05, 0) is 67.5 Å². The first-order chi connectivity index (χ1) is 19.1. The van der Waals surface area contributed by atoms with Crippen molar-refractivity contribution in [2.45, 2.75) is 72.3 Å². The Hall–Kier alpha value is -4.15. The Bertz CT molecular complexity index is 1700. The molecule has 0 radical (unpaired) electrons. The number of phenols is 1. The van der Waals surface area contributed by atoms with Crippen molar-refractivity contribution in [2.24, 2.45) is 10.8 Å². The third-order valence-corrected chi connectivity index (χ3v) is 9.04. The molecule has 0 bridgehead atoms. The maximum atomic E-state index is 14.3. The monoisotopic (exact) mass is 554 g/mol. The van der Waals surface area contributed by atoms with Crippen LogP contribution in [0, 0.1) is 29.6 Å². The van der Waals surface area contributed by atoms with Gasteiger partial charge in [0.25, 0.3) is 0 Å². The van der Waals surface area contributed by atoms with Crippen LogP contribution in [-0.4, -0.2) is 43.4 Å². The normalized spacial score (nSPS) is 27.2. The molecule has 3 aliphatic carbocycles. The van der Waals surface area contributed by atoms with Crippen molar-refractivity contribution in [3.05, 3.63) is 86.4 Å². The van der Waals surface area contributed by atoms with Crippen LogP contribution in [0.3, 0.4) is 0 Å². The lowest BCUT2D eigenvalue weighted by molar-refractivity contribution is -0.159. The van der Waals surface area contributed by atoms with Crippen LogP contribution < -0.4 is 0 Å². The van der Waals surface area contributed by atoms with Gasteiger partial charge in [-0.1, -0.05) is 51.7 Å². The molecule has 212 valence electrons. The summed E-state index contributed by atoms with van der Waals surface area (Å²) in [6.07, 6.45) is 0.0766. The van der Waals surface area contributed by atoms with Gasteiger partial charge in [-0.2, -0.15) is 0 Å². The summed E-state index contributed by atoms with van der Waals surface area (Å²) in [6.45, 7) is 10.4. The fraction of sp³-hybridized carbons (Fsp3) is 0.382. The average molecular weight is 555 g/mol. The van der Waals surface area contributed by atoms with Crippen molar-refractivity contribution in [2.75, 3.05) is 0 Å². The summed E-state index contributed by atoms with van der Waals surface area (Å²) in [5.74, 6) is 1.85. The van der Waals surface area contributed by atoms with E-state index in [0.717, 1.165) is 23.6 Å². The number of aliphatic hydroxyl groups excluding tert-OH is 2. The summed E-state index contributed by atoms with van der Waals surface area (Å²) in [6, 6.07) is 9.39. The average Bonchev–Trinajstić information content (AvgIpc) is 2.85. The Morgan fingerprint density at radius 3 is 2.32 bits per heavy atom. The predicted octanol–water partition coefficient (Wildman–Crippen LogP) is 5.30. The van der Waals surface area contributed by atoms with E-state index in [9.17, 15) is 34.8 Å². The molecule has 0 saturated carbocycles. The number of phenolic OH excluding ortho intramolecular Hbond substituents is 1. The van der Waals surface area contributed by atoms with Crippen LogP contribution in [0.15, 0.2) is 53.0 Å². The maximum Gasteiger partial charge on any atom is 0.209 e. The highest BCUT2D eigenvalue weighted by molar-refractivity contribution is 6.25. The van der Waals surface area contributed by atoms with Gasteiger partial charge in [0.2, 0.25) is 5.78 Å². The van der Waals surface area contributed by atoms with Crippen molar-refractivity contribution in [3.63, 3.8) is 0 Å². The number of aliphatic hydroxyl groups is 3. The number of hydrogen-bond donors (Lipinski definition) is 4. The number of benzene rings is 2. The van der Waals surface area contributed by atoms with Crippen molar-refractivity contribution in [3.8, 4) is 17.6 Å². The molecule has 0 amide bonds. The Morgan fingerprint density at radius 1 is 1.02 bits per heavy atom. The van der Waals surface area contributed by atoms with E-state index in [1.807, 2.05) is 45.0 Å². The van der Waals surface area contributed by atoms with E-state index in [-0.39, 0.29) is 47.6 Å². The number of allylic oxidation sites excluding steroid dienone is 2. The first kappa shape index (κ1) is 28.4. The van der Waals surface area contributed by atoms with E-state index in [1.54, 1.807) is 19.9 Å². The highest BCUT2D eigenvalue weighted by atomic mass is 16.3. The fourth-order valence-corrected chi connectivity index (χ4v) is 7.22. The Labute approximate surface area is 239 Å². The van der Waals surface area contributed by atoms with Crippen LogP contribution >= 0.6 is 0 Å². The summed E-state index contributed by atoms with van der Waals surface area (Å²) in [5.41, 5.74) is -2.30. The maximum absolute atomic E-state index is 14.3. The van der Waals surface area contributed by atoms with Crippen LogP contribution in [0.4, 0.5) is 0 Å². The lowest BCUT2D eigenvalue weighted by Crippen LogP contribution is -2.63. The number of fused-ring (bicyclic) bond motifs is 3. The molecule has 2 aromatic rings. The van der Waals surface area contributed by atoms with Gasteiger partial charge in [0.1, 0.15) is 22.8 Å². The number of carbonyl (C=O) groups is 3. The fourth-order valence-electron chi connectivity index (χ4n) is 7.22. The Kier molecular flexibility index (Phi) is 6.36. The molecule has 0 spiro atoms. The number of hydrogen-bond acceptors (Lipinski definition) is 7. The summed E-state index contributed by atoms with van der Waals surface area (Å²) in [5, 5.41) is 45.5. The third-order valence-electron chi connectivity index (χ3n) is 9.04. The topological polar surface area (TPSA) is 132 Å². The number of Topliss-reactive ketones (excluding diaryl/α,β-unsaturated/α-hetero) is 3. The minimum atomic E-state index is -2.60. The molecular weight excluding hydrogens is 520 g/mol. The molecule has 7 nitrogen and oxygen atoms in total. The zero-order valence-corrected chi connectivity index (χ0v) is 24.1. The smallest absolute Gasteiger partial charge is 0.209 e. The molecule has 3 aliphatic rings. The second kappa shape index (κ2) is 9.19. The lowest BCUT2D eigenvalue weighted by Gasteiger charge is -2.56. The Balaban J connectivity index is 1.75. The van der Waals surface area contributed by atoms with Crippen LogP contribution in [0.1, 0.15) is 91.6 Å².